The van der Waals surface area contributed by atoms with Crippen molar-refractivity contribution in [2.75, 3.05) is 6.54 Å². The number of carbonyl (C=O) groups excluding carboxylic acids is 2. The molecule has 0 saturated carbocycles. The minimum atomic E-state index is -0.326. The highest BCUT2D eigenvalue weighted by Crippen LogP contribution is 2.55. The molecule has 2 heterocycles. The first kappa shape index (κ1) is 12.3. The fraction of sp³-hybridized carbons (Fsp3) is 0.692. The molecular weight excluding hydrogens is 218 g/mol. The highest BCUT2D eigenvalue weighted by molar-refractivity contribution is 6.12. The third-order valence-corrected chi connectivity index (χ3v) is 4.21. The number of rotatable bonds is 5. The van der Waals surface area contributed by atoms with Crippen molar-refractivity contribution in [2.24, 2.45) is 0 Å². The van der Waals surface area contributed by atoms with Gasteiger partial charge in [0.05, 0.1) is 12.1 Å². The second-order valence-corrected chi connectivity index (χ2v) is 4.75. The Bertz CT molecular complexity index is 366. The highest BCUT2D eigenvalue weighted by Gasteiger charge is 2.67. The summed E-state index contributed by atoms with van der Waals surface area (Å²) in [5, 5.41) is 0. The van der Waals surface area contributed by atoms with Crippen LogP contribution >= 0.6 is 0 Å². The minimum absolute atomic E-state index is 0.148. The van der Waals surface area contributed by atoms with Crippen molar-refractivity contribution in [3.8, 4) is 0 Å². The van der Waals surface area contributed by atoms with Gasteiger partial charge in [-0.05, 0) is 19.3 Å². The first-order chi connectivity index (χ1) is 8.04. The summed E-state index contributed by atoms with van der Waals surface area (Å²) in [5.41, 5.74) is -0.473. The van der Waals surface area contributed by atoms with Gasteiger partial charge >= 0.3 is 0 Å². The van der Waals surface area contributed by atoms with E-state index in [0.29, 0.717) is 6.54 Å². The fourth-order valence-corrected chi connectivity index (χ4v) is 2.91. The molecule has 4 heteroatoms. The Morgan fingerprint density at radius 3 is 1.82 bits per heavy atom. The Balaban J connectivity index is 2.13. The molecular formula is C13H19NO3. The van der Waals surface area contributed by atoms with Gasteiger partial charge in [-0.25, -0.2) is 0 Å². The van der Waals surface area contributed by atoms with Gasteiger partial charge in [-0.2, -0.15) is 0 Å². The first-order valence-corrected chi connectivity index (χ1v) is 6.28. The Labute approximate surface area is 102 Å². The maximum Gasteiger partial charge on any atom is 0.253 e. The lowest BCUT2D eigenvalue weighted by atomic mass is 9.85. The first-order valence-electron chi connectivity index (χ1n) is 6.28. The van der Waals surface area contributed by atoms with Gasteiger partial charge in [0.1, 0.15) is 5.60 Å². The van der Waals surface area contributed by atoms with Crippen molar-refractivity contribution >= 4 is 11.8 Å². The van der Waals surface area contributed by atoms with Crippen LogP contribution < -0.4 is 0 Å². The van der Waals surface area contributed by atoms with Crippen molar-refractivity contribution in [1.29, 1.82) is 0 Å². The Hall–Kier alpha value is -1.16. The van der Waals surface area contributed by atoms with E-state index in [1.807, 2.05) is 6.92 Å². The number of imide groups is 1. The fourth-order valence-electron chi connectivity index (χ4n) is 2.91. The molecule has 2 rings (SSSR count). The molecule has 17 heavy (non-hydrogen) atoms. The van der Waals surface area contributed by atoms with Crippen molar-refractivity contribution in [2.45, 2.75) is 51.2 Å². The van der Waals surface area contributed by atoms with Gasteiger partial charge in [-0.15, -0.1) is 0 Å². The smallest absolute Gasteiger partial charge is 0.253 e. The third kappa shape index (κ3) is 1.62. The monoisotopic (exact) mass is 237 g/mol. The maximum absolute atomic E-state index is 11.6. The molecule has 0 spiro atoms. The van der Waals surface area contributed by atoms with E-state index in [1.54, 1.807) is 0 Å². The number of epoxide rings is 1. The Morgan fingerprint density at radius 2 is 1.47 bits per heavy atom. The molecule has 2 amide bonds. The van der Waals surface area contributed by atoms with Crippen LogP contribution in [0.2, 0.25) is 0 Å². The van der Waals surface area contributed by atoms with Crippen LogP contribution in [0.25, 0.3) is 0 Å². The Morgan fingerprint density at radius 1 is 1.00 bits per heavy atom. The van der Waals surface area contributed by atoms with Crippen molar-refractivity contribution in [3.63, 3.8) is 0 Å². The summed E-state index contributed by atoms with van der Waals surface area (Å²) in [7, 11) is 0. The molecule has 94 valence electrons. The number of carbonyl (C=O) groups is 2. The number of ether oxygens (including phenoxy) is 1. The van der Waals surface area contributed by atoms with Gasteiger partial charge in [0.15, 0.2) is 0 Å². The van der Waals surface area contributed by atoms with E-state index in [9.17, 15) is 9.59 Å². The molecule has 0 aromatic carbocycles. The van der Waals surface area contributed by atoms with Crippen molar-refractivity contribution in [1.82, 2.24) is 4.90 Å². The summed E-state index contributed by atoms with van der Waals surface area (Å²) in [6.45, 7) is 6.61. The van der Waals surface area contributed by atoms with Crippen LogP contribution in [0.3, 0.4) is 0 Å². The van der Waals surface area contributed by atoms with Crippen LogP contribution in [0.15, 0.2) is 12.2 Å². The lowest BCUT2D eigenvalue weighted by molar-refractivity contribution is -0.137. The number of hydrogen-bond donors (Lipinski definition) is 0. The normalized spacial score (nSPS) is 30.2. The summed E-state index contributed by atoms with van der Waals surface area (Å²) >= 11 is 0. The van der Waals surface area contributed by atoms with E-state index in [4.69, 9.17) is 4.74 Å². The standard InChI is InChI=1S/C13H19NO3/c1-4-12(5-2)13(6-3,17-12)9-14-10(15)7-8-11(14)16/h7-8H,4-6,9H2,1-3H3. The molecule has 2 aliphatic rings. The van der Waals surface area contributed by atoms with E-state index in [2.05, 4.69) is 13.8 Å². The summed E-state index contributed by atoms with van der Waals surface area (Å²) in [4.78, 5) is 24.4. The Kier molecular flexibility index (Phi) is 2.86. The number of hydrogen-bond acceptors (Lipinski definition) is 3. The van der Waals surface area contributed by atoms with Gasteiger partial charge < -0.3 is 4.74 Å². The van der Waals surface area contributed by atoms with Gasteiger partial charge in [0.2, 0.25) is 0 Å². The largest absolute Gasteiger partial charge is 0.361 e. The highest BCUT2D eigenvalue weighted by atomic mass is 16.6. The molecule has 0 N–H and O–H groups in total. The lowest BCUT2D eigenvalue weighted by Gasteiger charge is -2.22. The quantitative estimate of drug-likeness (QED) is 0.539. The van der Waals surface area contributed by atoms with Gasteiger partial charge in [0, 0.05) is 12.2 Å². The molecule has 1 unspecified atom stereocenters. The number of amides is 2. The number of nitrogens with zero attached hydrogens (tertiary/aromatic N) is 1. The zero-order valence-electron chi connectivity index (χ0n) is 10.7. The predicted molar refractivity (Wildman–Crippen MR) is 63.3 cm³/mol. The third-order valence-electron chi connectivity index (χ3n) is 4.21. The van der Waals surface area contributed by atoms with Crippen LogP contribution in [-0.4, -0.2) is 34.5 Å². The lowest BCUT2D eigenvalue weighted by Crippen LogP contribution is -2.42. The molecule has 0 aromatic rings. The van der Waals surface area contributed by atoms with Crippen molar-refractivity contribution in [3.05, 3.63) is 12.2 Å². The second-order valence-electron chi connectivity index (χ2n) is 4.75. The van der Waals surface area contributed by atoms with Crippen LogP contribution in [0, 0.1) is 0 Å². The molecule has 0 aromatic heterocycles. The molecule has 0 radical (unpaired) electrons. The summed E-state index contributed by atoms with van der Waals surface area (Å²) < 4.78 is 5.92. The topological polar surface area (TPSA) is 49.9 Å². The molecule has 0 bridgehead atoms. The van der Waals surface area contributed by atoms with E-state index in [-0.39, 0.29) is 23.0 Å². The van der Waals surface area contributed by atoms with E-state index < -0.39 is 0 Å². The maximum atomic E-state index is 11.6. The van der Waals surface area contributed by atoms with Crippen LogP contribution in [-0.2, 0) is 14.3 Å². The summed E-state index contributed by atoms with van der Waals surface area (Å²) in [5.74, 6) is -0.445. The van der Waals surface area contributed by atoms with E-state index in [0.717, 1.165) is 19.3 Å². The summed E-state index contributed by atoms with van der Waals surface area (Å²) in [6, 6.07) is 0. The molecule has 1 atom stereocenters. The predicted octanol–water partition coefficient (Wildman–Crippen LogP) is 1.65. The molecule has 1 fully saturated rings. The summed E-state index contributed by atoms with van der Waals surface area (Å²) in [6.07, 6.45) is 5.31. The average Bonchev–Trinajstić information content (AvgIpc) is 2.91. The van der Waals surface area contributed by atoms with E-state index in [1.165, 1.54) is 17.1 Å². The SMILES string of the molecule is CCC1(CC)OC1(CC)CN1C(=O)C=CC1=O. The second kappa shape index (κ2) is 3.95. The molecule has 2 aliphatic heterocycles. The molecule has 1 saturated heterocycles. The minimum Gasteiger partial charge on any atom is -0.361 e. The zero-order valence-corrected chi connectivity index (χ0v) is 10.7. The van der Waals surface area contributed by atoms with Gasteiger partial charge in [-0.1, -0.05) is 20.8 Å². The van der Waals surface area contributed by atoms with Crippen molar-refractivity contribution < 1.29 is 14.3 Å². The van der Waals surface area contributed by atoms with Gasteiger partial charge in [-0.3, -0.25) is 14.5 Å². The van der Waals surface area contributed by atoms with E-state index >= 15 is 0 Å². The van der Waals surface area contributed by atoms with Gasteiger partial charge in [0.25, 0.3) is 11.8 Å². The van der Waals surface area contributed by atoms with Crippen LogP contribution in [0.1, 0.15) is 40.0 Å². The molecule has 4 nitrogen and oxygen atoms in total. The molecule has 0 aliphatic carbocycles. The zero-order chi connectivity index (χ0) is 12.7. The van der Waals surface area contributed by atoms with Crippen LogP contribution in [0.4, 0.5) is 0 Å². The van der Waals surface area contributed by atoms with Crippen LogP contribution in [0.5, 0.6) is 0 Å². The average molecular weight is 237 g/mol.